The number of hydrogen-bond acceptors (Lipinski definition) is 3. The van der Waals surface area contributed by atoms with E-state index >= 15 is 0 Å². The van der Waals surface area contributed by atoms with E-state index in [1.165, 1.54) is 13.2 Å². The van der Waals surface area contributed by atoms with E-state index in [4.69, 9.17) is 9.84 Å². The number of hydrogen-bond donors (Lipinski definition) is 2. The molecular weight excluding hydrogens is 252 g/mol. The summed E-state index contributed by atoms with van der Waals surface area (Å²) in [7, 11) is 1.45. The van der Waals surface area contributed by atoms with Gasteiger partial charge in [0, 0.05) is 0 Å². The first-order valence-corrected chi connectivity index (χ1v) is 4.57. The molecule has 4 nitrogen and oxygen atoms in total. The van der Waals surface area contributed by atoms with Crippen molar-refractivity contribution in [3.8, 4) is 11.5 Å². The first-order valence-electron chi connectivity index (χ1n) is 3.78. The molecule has 0 atom stereocenters. The number of ether oxygens (including phenoxy) is 1. The highest BCUT2D eigenvalue weighted by atomic mass is 79.9. The van der Waals surface area contributed by atoms with E-state index in [0.29, 0.717) is 11.3 Å². The molecule has 14 heavy (non-hydrogen) atoms. The molecule has 0 radical (unpaired) electrons. The van der Waals surface area contributed by atoms with Crippen molar-refractivity contribution in [3.63, 3.8) is 0 Å². The lowest BCUT2D eigenvalue weighted by molar-refractivity contribution is 0.0693. The molecule has 0 saturated heterocycles. The molecule has 0 aliphatic heterocycles. The van der Waals surface area contributed by atoms with Crippen molar-refractivity contribution in [2.24, 2.45) is 0 Å². The van der Waals surface area contributed by atoms with Crippen LogP contribution in [0.5, 0.6) is 11.5 Å². The van der Waals surface area contributed by atoms with Crippen LogP contribution in [-0.4, -0.2) is 23.3 Å². The van der Waals surface area contributed by atoms with Gasteiger partial charge in [0.15, 0.2) is 0 Å². The number of rotatable bonds is 2. The number of benzene rings is 1. The first-order chi connectivity index (χ1) is 6.49. The third-order valence-electron chi connectivity index (χ3n) is 1.82. The van der Waals surface area contributed by atoms with E-state index in [2.05, 4.69) is 15.9 Å². The fourth-order valence-corrected chi connectivity index (χ4v) is 1.85. The minimum Gasteiger partial charge on any atom is -0.506 e. The van der Waals surface area contributed by atoms with Gasteiger partial charge in [0.05, 0.1) is 7.11 Å². The predicted molar refractivity (Wildman–Crippen MR) is 54.1 cm³/mol. The van der Waals surface area contributed by atoms with Crippen LogP contribution in [0, 0.1) is 6.92 Å². The lowest BCUT2D eigenvalue weighted by Crippen LogP contribution is -2.00. The molecule has 0 aliphatic carbocycles. The van der Waals surface area contributed by atoms with E-state index in [9.17, 15) is 9.90 Å². The van der Waals surface area contributed by atoms with E-state index in [1.807, 2.05) is 0 Å². The summed E-state index contributed by atoms with van der Waals surface area (Å²) in [6.45, 7) is 1.70. The summed E-state index contributed by atoms with van der Waals surface area (Å²) >= 11 is 3.07. The largest absolute Gasteiger partial charge is 0.506 e. The topological polar surface area (TPSA) is 66.8 Å². The monoisotopic (exact) mass is 260 g/mol. The molecule has 76 valence electrons. The fourth-order valence-electron chi connectivity index (χ4n) is 1.16. The SMILES string of the molecule is COc1c(C)cc(C(=O)O)c(O)c1Br. The maximum absolute atomic E-state index is 10.7. The smallest absolute Gasteiger partial charge is 0.339 e. The van der Waals surface area contributed by atoms with Crippen LogP contribution < -0.4 is 4.74 Å². The molecule has 0 heterocycles. The zero-order valence-electron chi connectivity index (χ0n) is 7.67. The van der Waals surface area contributed by atoms with Crippen LogP contribution in [-0.2, 0) is 0 Å². The molecule has 0 saturated carbocycles. The van der Waals surface area contributed by atoms with Crippen LogP contribution in [0.25, 0.3) is 0 Å². The Morgan fingerprint density at radius 3 is 2.57 bits per heavy atom. The molecule has 1 aromatic rings. The van der Waals surface area contributed by atoms with Crippen LogP contribution in [0.15, 0.2) is 10.5 Å². The van der Waals surface area contributed by atoms with Gasteiger partial charge in [-0.2, -0.15) is 0 Å². The second kappa shape index (κ2) is 3.88. The van der Waals surface area contributed by atoms with Crippen molar-refractivity contribution in [3.05, 3.63) is 21.7 Å². The highest BCUT2D eigenvalue weighted by molar-refractivity contribution is 9.10. The minimum atomic E-state index is -1.17. The Hall–Kier alpha value is -1.23. The molecule has 1 aromatic carbocycles. The molecular formula is C9H9BrO4. The maximum atomic E-state index is 10.7. The molecule has 1 rings (SSSR count). The average molecular weight is 261 g/mol. The third-order valence-corrected chi connectivity index (χ3v) is 2.55. The summed E-state index contributed by atoms with van der Waals surface area (Å²) < 4.78 is 5.25. The van der Waals surface area contributed by atoms with Gasteiger partial charge < -0.3 is 14.9 Å². The molecule has 0 amide bonds. The number of phenols is 1. The number of aromatic carboxylic acids is 1. The van der Waals surface area contributed by atoms with Gasteiger partial charge in [-0.15, -0.1) is 0 Å². The number of halogens is 1. The summed E-state index contributed by atoms with van der Waals surface area (Å²) in [5, 5.41) is 18.3. The Morgan fingerprint density at radius 2 is 2.14 bits per heavy atom. The Labute approximate surface area is 89.3 Å². The summed E-state index contributed by atoms with van der Waals surface area (Å²) in [6.07, 6.45) is 0. The molecule has 0 unspecified atom stereocenters. The second-order valence-corrected chi connectivity index (χ2v) is 3.54. The van der Waals surface area contributed by atoms with E-state index in [0.717, 1.165) is 0 Å². The van der Waals surface area contributed by atoms with Gasteiger partial charge >= 0.3 is 5.97 Å². The quantitative estimate of drug-likeness (QED) is 0.856. The minimum absolute atomic E-state index is 0.143. The summed E-state index contributed by atoms with van der Waals surface area (Å²) in [6, 6.07) is 1.36. The zero-order chi connectivity index (χ0) is 10.9. The third kappa shape index (κ3) is 1.68. The predicted octanol–water partition coefficient (Wildman–Crippen LogP) is 2.17. The van der Waals surface area contributed by atoms with Gasteiger partial charge in [0.2, 0.25) is 0 Å². The molecule has 5 heteroatoms. The Bertz CT molecular complexity index is 387. The van der Waals surface area contributed by atoms with Crippen LogP contribution >= 0.6 is 15.9 Å². The van der Waals surface area contributed by atoms with Crippen molar-refractivity contribution in [2.45, 2.75) is 6.92 Å². The first kappa shape index (κ1) is 10.8. The molecule has 0 fully saturated rings. The van der Waals surface area contributed by atoms with Crippen molar-refractivity contribution < 1.29 is 19.7 Å². The van der Waals surface area contributed by atoms with Crippen molar-refractivity contribution >= 4 is 21.9 Å². The van der Waals surface area contributed by atoms with Gasteiger partial charge in [-0.1, -0.05) is 0 Å². The number of carboxylic acids is 1. The number of aromatic hydroxyl groups is 1. The number of methoxy groups -OCH3 is 1. The van der Waals surface area contributed by atoms with Crippen molar-refractivity contribution in [1.29, 1.82) is 0 Å². The summed E-state index contributed by atoms with van der Waals surface area (Å²) in [5.74, 6) is -1.05. The fraction of sp³-hybridized carbons (Fsp3) is 0.222. The standard InChI is InChI=1S/C9H9BrO4/c1-4-3-5(9(12)13)7(11)6(10)8(4)14-2/h3,11H,1-2H3,(H,12,13). The number of aryl methyl sites for hydroxylation is 1. The summed E-state index contributed by atoms with van der Waals surface area (Å²) in [5.41, 5.74) is 0.504. The lowest BCUT2D eigenvalue weighted by Gasteiger charge is -2.10. The molecule has 0 aliphatic rings. The zero-order valence-corrected chi connectivity index (χ0v) is 9.25. The normalized spacial score (nSPS) is 9.93. The number of carbonyl (C=O) groups is 1. The molecule has 0 bridgehead atoms. The van der Waals surface area contributed by atoms with Crippen LogP contribution in [0.2, 0.25) is 0 Å². The van der Waals surface area contributed by atoms with Gasteiger partial charge in [0.1, 0.15) is 21.5 Å². The molecule has 2 N–H and O–H groups in total. The summed E-state index contributed by atoms with van der Waals surface area (Å²) in [4.78, 5) is 10.7. The Morgan fingerprint density at radius 1 is 1.57 bits per heavy atom. The number of carboxylic acid groups (broad SMARTS) is 1. The van der Waals surface area contributed by atoms with Crippen LogP contribution in [0.4, 0.5) is 0 Å². The van der Waals surface area contributed by atoms with Crippen LogP contribution in [0.3, 0.4) is 0 Å². The van der Waals surface area contributed by atoms with Gasteiger partial charge in [0.25, 0.3) is 0 Å². The van der Waals surface area contributed by atoms with Gasteiger partial charge in [-0.05, 0) is 34.5 Å². The van der Waals surface area contributed by atoms with E-state index < -0.39 is 5.97 Å². The average Bonchev–Trinajstić information content (AvgIpc) is 2.12. The molecule has 0 aromatic heterocycles. The highest BCUT2D eigenvalue weighted by Crippen LogP contribution is 2.38. The van der Waals surface area contributed by atoms with Crippen molar-refractivity contribution in [1.82, 2.24) is 0 Å². The van der Waals surface area contributed by atoms with E-state index in [-0.39, 0.29) is 15.8 Å². The van der Waals surface area contributed by atoms with Crippen molar-refractivity contribution in [2.75, 3.05) is 7.11 Å². The van der Waals surface area contributed by atoms with E-state index in [1.54, 1.807) is 6.92 Å². The lowest BCUT2D eigenvalue weighted by atomic mass is 10.1. The van der Waals surface area contributed by atoms with Gasteiger partial charge in [-0.3, -0.25) is 0 Å². The highest BCUT2D eigenvalue weighted by Gasteiger charge is 2.18. The Balaban J connectivity index is 3.47. The maximum Gasteiger partial charge on any atom is 0.339 e. The molecule has 0 spiro atoms. The second-order valence-electron chi connectivity index (χ2n) is 2.74. The Kier molecular flexibility index (Phi) is 3.00. The van der Waals surface area contributed by atoms with Gasteiger partial charge in [-0.25, -0.2) is 4.79 Å². The van der Waals surface area contributed by atoms with Crippen LogP contribution in [0.1, 0.15) is 15.9 Å².